The van der Waals surface area contributed by atoms with E-state index in [0.29, 0.717) is 35.0 Å². The lowest BCUT2D eigenvalue weighted by Gasteiger charge is -2.15. The Kier molecular flexibility index (Phi) is 8.67. The molecule has 35 heavy (non-hydrogen) atoms. The van der Waals surface area contributed by atoms with Gasteiger partial charge in [-0.2, -0.15) is 0 Å². The summed E-state index contributed by atoms with van der Waals surface area (Å²) in [6, 6.07) is 19.5. The Morgan fingerprint density at radius 3 is 2.20 bits per heavy atom. The largest absolute Gasteiger partial charge is 0.494 e. The maximum absolute atomic E-state index is 12.7. The third kappa shape index (κ3) is 7.43. The molecule has 3 aromatic carbocycles. The number of thiocarbonyl (C=S) groups is 1. The van der Waals surface area contributed by atoms with E-state index >= 15 is 0 Å². The molecule has 0 spiro atoms. The van der Waals surface area contributed by atoms with Crippen LogP contribution < -0.4 is 24.8 Å². The van der Waals surface area contributed by atoms with Gasteiger partial charge in [0.15, 0.2) is 5.11 Å². The first kappa shape index (κ1) is 26.0. The van der Waals surface area contributed by atoms with Crippen molar-refractivity contribution in [3.05, 3.63) is 78.4 Å². The van der Waals surface area contributed by atoms with Crippen LogP contribution in [0.25, 0.3) is 0 Å². The van der Waals surface area contributed by atoms with Crippen molar-refractivity contribution in [2.45, 2.75) is 31.8 Å². The summed E-state index contributed by atoms with van der Waals surface area (Å²) in [5.41, 5.74) is 1.29. The van der Waals surface area contributed by atoms with Crippen LogP contribution in [-0.2, 0) is 10.0 Å². The molecule has 1 amide bonds. The van der Waals surface area contributed by atoms with Gasteiger partial charge in [0.2, 0.25) is 0 Å². The van der Waals surface area contributed by atoms with E-state index in [0.717, 1.165) is 0 Å². The molecule has 0 saturated heterocycles. The van der Waals surface area contributed by atoms with Gasteiger partial charge in [-0.25, -0.2) is 8.42 Å². The highest BCUT2D eigenvalue weighted by molar-refractivity contribution is 7.92. The minimum absolute atomic E-state index is 0.0671. The number of sulfonamides is 1. The second-order valence-electron chi connectivity index (χ2n) is 7.66. The normalized spacial score (nSPS) is 11.0. The summed E-state index contributed by atoms with van der Waals surface area (Å²) in [5.74, 6) is 0.694. The minimum atomic E-state index is -3.79. The monoisotopic (exact) mass is 513 g/mol. The van der Waals surface area contributed by atoms with Crippen molar-refractivity contribution in [3.8, 4) is 11.5 Å². The number of hydrogen-bond acceptors (Lipinski definition) is 6. The van der Waals surface area contributed by atoms with E-state index in [1.54, 1.807) is 60.7 Å². The van der Waals surface area contributed by atoms with Crippen LogP contribution in [0.15, 0.2) is 77.7 Å². The fourth-order valence-electron chi connectivity index (χ4n) is 3.06. The van der Waals surface area contributed by atoms with Gasteiger partial charge in [0.05, 0.1) is 23.2 Å². The standard InChI is InChI=1S/C25H27N3O5S2/c1-4-32-20-13-9-19(10-14-20)28-35(30,31)21-15-11-18(12-16-21)26-25(34)27-24(29)22-7-5-6-8-23(22)33-17(2)3/h5-17,28H,4H2,1-3H3,(H2,26,27,29,34). The zero-order valence-corrected chi connectivity index (χ0v) is 21.2. The van der Waals surface area contributed by atoms with Crippen molar-refractivity contribution in [1.29, 1.82) is 0 Å². The molecule has 0 radical (unpaired) electrons. The van der Waals surface area contributed by atoms with Crippen LogP contribution in [0, 0.1) is 0 Å². The molecule has 0 unspecified atom stereocenters. The highest BCUT2D eigenvalue weighted by Gasteiger charge is 2.16. The second-order valence-corrected chi connectivity index (χ2v) is 9.75. The first-order chi connectivity index (χ1) is 16.7. The molecule has 3 rings (SSSR count). The SMILES string of the molecule is CCOc1ccc(NS(=O)(=O)c2ccc(NC(=S)NC(=O)c3ccccc3OC(C)C)cc2)cc1. The summed E-state index contributed by atoms with van der Waals surface area (Å²) < 4.78 is 39.0. The Morgan fingerprint density at radius 1 is 0.943 bits per heavy atom. The molecule has 0 aliphatic rings. The molecule has 0 aromatic heterocycles. The molecule has 0 saturated carbocycles. The van der Waals surface area contributed by atoms with Gasteiger partial charge >= 0.3 is 0 Å². The number of carbonyl (C=O) groups is 1. The summed E-state index contributed by atoms with van der Waals surface area (Å²) in [7, 11) is -3.79. The van der Waals surface area contributed by atoms with E-state index in [4.69, 9.17) is 21.7 Å². The van der Waals surface area contributed by atoms with E-state index in [-0.39, 0.29) is 16.1 Å². The Hall–Kier alpha value is -3.63. The summed E-state index contributed by atoms with van der Waals surface area (Å²) in [5, 5.41) is 5.56. The van der Waals surface area contributed by atoms with E-state index in [9.17, 15) is 13.2 Å². The van der Waals surface area contributed by atoms with Crippen LogP contribution >= 0.6 is 12.2 Å². The smallest absolute Gasteiger partial charge is 0.261 e. The van der Waals surface area contributed by atoms with Crippen molar-refractivity contribution in [3.63, 3.8) is 0 Å². The topological polar surface area (TPSA) is 106 Å². The lowest BCUT2D eigenvalue weighted by atomic mass is 10.2. The van der Waals surface area contributed by atoms with E-state index in [2.05, 4.69) is 15.4 Å². The van der Waals surface area contributed by atoms with Gasteiger partial charge in [-0.05, 0) is 93.7 Å². The molecule has 0 aliphatic carbocycles. The highest BCUT2D eigenvalue weighted by atomic mass is 32.2. The number of carbonyl (C=O) groups excluding carboxylic acids is 1. The third-order valence-electron chi connectivity index (χ3n) is 4.56. The van der Waals surface area contributed by atoms with E-state index in [1.807, 2.05) is 20.8 Å². The fraction of sp³-hybridized carbons (Fsp3) is 0.200. The molecule has 0 heterocycles. The zero-order valence-electron chi connectivity index (χ0n) is 19.6. The fourth-order valence-corrected chi connectivity index (χ4v) is 4.33. The molecular weight excluding hydrogens is 486 g/mol. The Bertz CT molecular complexity index is 1280. The third-order valence-corrected chi connectivity index (χ3v) is 6.16. The van der Waals surface area contributed by atoms with Gasteiger partial charge in [-0.15, -0.1) is 0 Å². The maximum atomic E-state index is 12.7. The molecule has 3 aromatic rings. The predicted octanol–water partition coefficient (Wildman–Crippen LogP) is 4.80. The highest BCUT2D eigenvalue weighted by Crippen LogP contribution is 2.22. The van der Waals surface area contributed by atoms with Crippen LogP contribution in [-0.4, -0.2) is 32.1 Å². The molecule has 0 bridgehead atoms. The second kappa shape index (κ2) is 11.7. The summed E-state index contributed by atoms with van der Waals surface area (Å²) in [6.07, 6.45) is -0.0900. The van der Waals surface area contributed by atoms with Crippen LogP contribution in [0.2, 0.25) is 0 Å². The summed E-state index contributed by atoms with van der Waals surface area (Å²) in [6.45, 7) is 6.15. The van der Waals surface area contributed by atoms with E-state index in [1.165, 1.54) is 12.1 Å². The van der Waals surface area contributed by atoms with Gasteiger partial charge in [0.1, 0.15) is 11.5 Å². The molecule has 3 N–H and O–H groups in total. The molecule has 0 fully saturated rings. The van der Waals surface area contributed by atoms with Gasteiger partial charge < -0.3 is 14.8 Å². The number of rotatable bonds is 9. The van der Waals surface area contributed by atoms with Crippen molar-refractivity contribution in [2.75, 3.05) is 16.6 Å². The van der Waals surface area contributed by atoms with Gasteiger partial charge in [-0.1, -0.05) is 12.1 Å². The van der Waals surface area contributed by atoms with Crippen molar-refractivity contribution in [1.82, 2.24) is 5.32 Å². The van der Waals surface area contributed by atoms with Crippen molar-refractivity contribution in [2.24, 2.45) is 0 Å². The molecule has 0 atom stereocenters. The molecule has 8 nitrogen and oxygen atoms in total. The van der Waals surface area contributed by atoms with Crippen LogP contribution in [0.3, 0.4) is 0 Å². The van der Waals surface area contributed by atoms with Crippen LogP contribution in [0.5, 0.6) is 11.5 Å². The van der Waals surface area contributed by atoms with Crippen LogP contribution in [0.4, 0.5) is 11.4 Å². The molecule has 184 valence electrons. The first-order valence-corrected chi connectivity index (χ1v) is 12.8. The predicted molar refractivity (Wildman–Crippen MR) is 141 cm³/mol. The van der Waals surface area contributed by atoms with Crippen molar-refractivity contribution < 1.29 is 22.7 Å². The number of para-hydroxylation sites is 1. The van der Waals surface area contributed by atoms with Gasteiger partial charge in [0.25, 0.3) is 15.9 Å². The average molecular weight is 514 g/mol. The molecule has 0 aliphatic heterocycles. The number of nitrogens with one attached hydrogen (secondary N) is 3. The Morgan fingerprint density at radius 2 is 1.57 bits per heavy atom. The number of anilines is 2. The lowest BCUT2D eigenvalue weighted by Crippen LogP contribution is -2.34. The van der Waals surface area contributed by atoms with Gasteiger partial charge in [0, 0.05) is 11.4 Å². The Labute approximate surface area is 210 Å². The minimum Gasteiger partial charge on any atom is -0.494 e. The average Bonchev–Trinajstić information content (AvgIpc) is 2.80. The summed E-state index contributed by atoms with van der Waals surface area (Å²) >= 11 is 5.24. The number of benzene rings is 3. The Balaban J connectivity index is 1.61. The zero-order chi connectivity index (χ0) is 25.4. The first-order valence-electron chi connectivity index (χ1n) is 10.9. The number of ether oxygens (including phenoxy) is 2. The number of hydrogen-bond donors (Lipinski definition) is 3. The number of amides is 1. The molecular formula is C25H27N3O5S2. The summed E-state index contributed by atoms with van der Waals surface area (Å²) in [4.78, 5) is 12.7. The molecule has 10 heteroatoms. The quantitative estimate of drug-likeness (QED) is 0.353. The maximum Gasteiger partial charge on any atom is 0.261 e. The lowest BCUT2D eigenvalue weighted by molar-refractivity contribution is 0.0972. The van der Waals surface area contributed by atoms with Gasteiger partial charge in [-0.3, -0.25) is 14.8 Å². The van der Waals surface area contributed by atoms with Crippen LogP contribution in [0.1, 0.15) is 31.1 Å². The van der Waals surface area contributed by atoms with Crippen molar-refractivity contribution >= 4 is 44.6 Å². The van der Waals surface area contributed by atoms with E-state index < -0.39 is 15.9 Å².